The molecule has 6 fully saturated rings. The number of carbonyl (C=O) groups excluding carboxylic acids is 4. The van der Waals surface area contributed by atoms with Crippen LogP contribution in [0.25, 0.3) is 44.7 Å². The maximum atomic E-state index is 14.4. The van der Waals surface area contributed by atoms with Crippen LogP contribution in [0.4, 0.5) is 9.59 Å². The fourth-order valence-corrected chi connectivity index (χ4v) is 11.5. The van der Waals surface area contributed by atoms with Gasteiger partial charge < -0.3 is 49.3 Å². The van der Waals surface area contributed by atoms with Gasteiger partial charge in [0.2, 0.25) is 11.8 Å². The molecule has 4 aliphatic heterocycles. The lowest BCUT2D eigenvalue weighted by Crippen LogP contribution is -2.56. The molecule has 5 aromatic rings. The van der Waals surface area contributed by atoms with Gasteiger partial charge in [-0.3, -0.25) is 9.59 Å². The van der Waals surface area contributed by atoms with Crippen LogP contribution in [-0.2, 0) is 28.5 Å². The van der Waals surface area contributed by atoms with Gasteiger partial charge in [0.05, 0.1) is 61.3 Å². The molecule has 0 spiro atoms. The summed E-state index contributed by atoms with van der Waals surface area (Å²) in [6, 6.07) is 17.1. The summed E-state index contributed by atoms with van der Waals surface area (Å²) in [6.07, 6.45) is 9.85. The fraction of sp³-hybridized carbons (Fsp3) is 0.500. The zero-order chi connectivity index (χ0) is 45.8. The van der Waals surface area contributed by atoms with E-state index in [9.17, 15) is 19.2 Å². The van der Waals surface area contributed by atoms with Gasteiger partial charge in [0.1, 0.15) is 23.7 Å². The molecule has 1 unspecified atom stereocenters. The van der Waals surface area contributed by atoms with Crippen molar-refractivity contribution in [1.82, 2.24) is 45.4 Å². The summed E-state index contributed by atoms with van der Waals surface area (Å²) >= 11 is 0. The van der Waals surface area contributed by atoms with Gasteiger partial charge in [-0.05, 0) is 116 Å². The molecule has 2 aliphatic carbocycles. The van der Waals surface area contributed by atoms with Gasteiger partial charge >= 0.3 is 12.2 Å². The minimum absolute atomic E-state index is 0.0280. The maximum absolute atomic E-state index is 14.4. The Kier molecular flexibility index (Phi) is 11.7. The van der Waals surface area contributed by atoms with Gasteiger partial charge in [-0.25, -0.2) is 24.5 Å². The maximum Gasteiger partial charge on any atom is 0.407 e. The Labute approximate surface area is 388 Å². The molecule has 6 aliphatic rings. The number of hydrogen-bond donors (Lipinski definition) is 4. The number of methoxy groups -OCH3 is 2. The highest BCUT2D eigenvalue weighted by Crippen LogP contribution is 2.54. The first-order chi connectivity index (χ1) is 32.7. The van der Waals surface area contributed by atoms with Crippen molar-refractivity contribution >= 4 is 34.9 Å². The molecule has 7 heterocycles. The minimum Gasteiger partial charge on any atom is -0.453 e. The van der Waals surface area contributed by atoms with Gasteiger partial charge in [0.25, 0.3) is 0 Å². The number of alkyl carbamates (subject to hydrolysis) is 2. The van der Waals surface area contributed by atoms with Crippen molar-refractivity contribution in [3.63, 3.8) is 0 Å². The monoisotopic (exact) mass is 911 g/mol. The summed E-state index contributed by atoms with van der Waals surface area (Å²) in [5, 5.41) is 6.73. The van der Waals surface area contributed by atoms with Crippen molar-refractivity contribution in [2.45, 2.75) is 94.0 Å². The third-order valence-electron chi connectivity index (χ3n) is 15.5. The summed E-state index contributed by atoms with van der Waals surface area (Å²) in [6.45, 7) is 2.24. The Hall–Kier alpha value is -6.33. The lowest BCUT2D eigenvalue weighted by atomic mass is 9.79. The van der Waals surface area contributed by atoms with Crippen molar-refractivity contribution in [3.05, 3.63) is 78.6 Å². The number of likely N-dealkylation sites (tertiary alicyclic amines) is 2. The standard InChI is InChI=1S/C50H57N9O8/c1-64-49(62)56-43(29-13-17-66-18-14-29)47(60)58-39-12-9-33(39)22-41(58)45-51-25-37(54-45)28-5-3-27(4-6-28)31-7-10-35-32(21-31)8-11-36(53-35)38-26-52-46(55-38)42-24-34-23-40(34)59(42)48(61)44(57-50(63)65-2)30-15-19-67-20-16-30/h3-8,10-11,21,25-26,29-30,33-34,39-44H,9,12-20,22-24H2,1-2H3,(H,51,54)(H,52,55)(H,56,62)(H,57,63)/t33-,34?,39-,40-,41+,42+,43+,44+/m1/s1. The average molecular weight is 912 g/mol. The summed E-state index contributed by atoms with van der Waals surface area (Å²) in [5.41, 5.74) is 6.35. The summed E-state index contributed by atoms with van der Waals surface area (Å²) in [5.74, 6) is 2.09. The number of nitrogens with one attached hydrogen (secondary N) is 4. The Balaban J connectivity index is 0.773. The van der Waals surface area contributed by atoms with Crippen molar-refractivity contribution in [2.75, 3.05) is 40.6 Å². The number of nitrogens with zero attached hydrogens (tertiary/aromatic N) is 5. The van der Waals surface area contributed by atoms with Crippen LogP contribution in [0.2, 0.25) is 0 Å². The van der Waals surface area contributed by atoms with E-state index < -0.39 is 24.3 Å². The van der Waals surface area contributed by atoms with E-state index >= 15 is 0 Å². The van der Waals surface area contributed by atoms with Crippen LogP contribution in [-0.4, -0.2) is 124 Å². The Morgan fingerprint density at radius 2 is 1.18 bits per heavy atom. The molecule has 350 valence electrons. The molecule has 4 amide bonds. The molecule has 2 aromatic carbocycles. The number of aromatic nitrogens is 5. The quantitative estimate of drug-likeness (QED) is 0.110. The van der Waals surface area contributed by atoms with Crippen LogP contribution in [0, 0.1) is 23.7 Å². The lowest BCUT2D eigenvalue weighted by molar-refractivity contribution is -0.140. The second-order valence-corrected chi connectivity index (χ2v) is 19.1. The largest absolute Gasteiger partial charge is 0.453 e. The van der Waals surface area contributed by atoms with Gasteiger partial charge in [0, 0.05) is 43.9 Å². The number of imidazole rings is 2. The first-order valence-electron chi connectivity index (χ1n) is 23.8. The predicted molar refractivity (Wildman–Crippen MR) is 245 cm³/mol. The molecule has 67 heavy (non-hydrogen) atoms. The summed E-state index contributed by atoms with van der Waals surface area (Å²) < 4.78 is 21.0. The number of fused-ring (bicyclic) bond motifs is 3. The number of pyridine rings is 1. The molecular formula is C50H57N9O8. The number of benzene rings is 2. The van der Waals surface area contributed by atoms with Crippen LogP contribution in [0.15, 0.2) is 67.0 Å². The van der Waals surface area contributed by atoms with E-state index in [1.54, 1.807) is 6.20 Å². The van der Waals surface area contributed by atoms with E-state index in [0.717, 1.165) is 88.4 Å². The normalized spacial score (nSPS) is 25.7. The van der Waals surface area contributed by atoms with Gasteiger partial charge in [-0.1, -0.05) is 36.4 Å². The molecule has 11 rings (SSSR count). The van der Waals surface area contributed by atoms with E-state index in [1.165, 1.54) is 14.2 Å². The SMILES string of the molecule is COC(=O)N[C@H](C(=O)N1[C@@H]2CC2C[C@H]1c1ncc(-c2ccc3cc(-c4ccc(-c5cnc([C@@H]6C[C@H]7CC[C@H]7N6C(=O)[C@@H](NC(=O)OC)C6CCOCC6)[nH]5)cc4)ccc3n2)[nH]1)C1CCOCC1. The minimum atomic E-state index is -0.688. The number of ether oxygens (including phenoxy) is 4. The second kappa shape index (κ2) is 18.1. The predicted octanol–water partition coefficient (Wildman–Crippen LogP) is 6.70. The molecule has 8 atom stereocenters. The van der Waals surface area contributed by atoms with Crippen molar-refractivity contribution in [3.8, 4) is 33.8 Å². The summed E-state index contributed by atoms with van der Waals surface area (Å²) in [7, 11) is 2.64. The van der Waals surface area contributed by atoms with Crippen molar-refractivity contribution < 1.29 is 38.1 Å². The topological polar surface area (TPSA) is 206 Å². The summed E-state index contributed by atoms with van der Waals surface area (Å²) in [4.78, 5) is 79.1. The molecule has 4 saturated heterocycles. The van der Waals surface area contributed by atoms with Crippen LogP contribution < -0.4 is 10.6 Å². The molecule has 17 nitrogen and oxygen atoms in total. The Morgan fingerprint density at radius 3 is 1.78 bits per heavy atom. The van der Waals surface area contributed by atoms with E-state index in [1.807, 2.05) is 28.1 Å². The highest BCUT2D eigenvalue weighted by atomic mass is 16.5. The number of hydrogen-bond acceptors (Lipinski definition) is 11. The van der Waals surface area contributed by atoms with Gasteiger partial charge in [-0.2, -0.15) is 0 Å². The first kappa shape index (κ1) is 43.3. The Morgan fingerprint density at radius 1 is 0.627 bits per heavy atom. The van der Waals surface area contributed by atoms with Crippen molar-refractivity contribution in [1.29, 1.82) is 0 Å². The van der Waals surface area contributed by atoms with Crippen LogP contribution in [0.3, 0.4) is 0 Å². The highest BCUT2D eigenvalue weighted by molar-refractivity contribution is 5.89. The smallest absolute Gasteiger partial charge is 0.407 e. The average Bonchev–Trinajstić information content (AvgIpc) is 3.77. The molecule has 3 aromatic heterocycles. The lowest BCUT2D eigenvalue weighted by Gasteiger charge is -2.40. The zero-order valence-electron chi connectivity index (χ0n) is 37.8. The van der Waals surface area contributed by atoms with E-state index in [-0.39, 0.29) is 47.8 Å². The number of aromatic amines is 2. The number of H-pyrrole nitrogens is 2. The van der Waals surface area contributed by atoms with Gasteiger partial charge in [0.15, 0.2) is 0 Å². The van der Waals surface area contributed by atoms with Crippen LogP contribution in [0.5, 0.6) is 0 Å². The third-order valence-corrected chi connectivity index (χ3v) is 15.5. The molecule has 17 heteroatoms. The molecule has 0 radical (unpaired) electrons. The number of amides is 4. The van der Waals surface area contributed by atoms with Gasteiger partial charge in [-0.15, -0.1) is 0 Å². The molecule has 0 bridgehead atoms. The van der Waals surface area contributed by atoms with E-state index in [4.69, 9.17) is 33.9 Å². The number of carbonyl (C=O) groups is 4. The van der Waals surface area contributed by atoms with E-state index in [2.05, 4.69) is 63.1 Å². The van der Waals surface area contributed by atoms with E-state index in [0.29, 0.717) is 63.9 Å². The fourth-order valence-electron chi connectivity index (χ4n) is 11.5. The Bertz CT molecular complexity index is 2660. The first-order valence-corrected chi connectivity index (χ1v) is 23.8. The second-order valence-electron chi connectivity index (χ2n) is 19.1. The molecular weight excluding hydrogens is 855 g/mol. The highest BCUT2D eigenvalue weighted by Gasteiger charge is 2.57. The van der Waals surface area contributed by atoms with Crippen molar-refractivity contribution in [2.24, 2.45) is 23.7 Å². The zero-order valence-corrected chi connectivity index (χ0v) is 37.8. The molecule has 2 saturated carbocycles. The van der Waals surface area contributed by atoms with Crippen LogP contribution >= 0.6 is 0 Å². The van der Waals surface area contributed by atoms with Crippen LogP contribution in [0.1, 0.15) is 81.5 Å². The number of rotatable bonds is 11. The molecule has 4 N–H and O–H groups in total. The number of piperidine rings is 1. The third kappa shape index (κ3) is 8.30.